The van der Waals surface area contributed by atoms with Gasteiger partial charge in [0.05, 0.1) is 25.3 Å². The minimum absolute atomic E-state index is 0.132. The number of hydrogen-bond acceptors (Lipinski definition) is 4. The van der Waals surface area contributed by atoms with E-state index in [1.54, 1.807) is 20.1 Å². The molecular weight excluding hydrogens is 348 g/mol. The summed E-state index contributed by atoms with van der Waals surface area (Å²) in [6.07, 6.45) is 2.12. The van der Waals surface area contributed by atoms with Gasteiger partial charge in [-0.2, -0.15) is 10.5 Å². The van der Waals surface area contributed by atoms with Gasteiger partial charge in [-0.1, -0.05) is 36.4 Å². The van der Waals surface area contributed by atoms with Crippen LogP contribution in [0.15, 0.2) is 48.5 Å². The first-order chi connectivity index (χ1) is 13.6. The van der Waals surface area contributed by atoms with E-state index in [-0.39, 0.29) is 12.1 Å². The summed E-state index contributed by atoms with van der Waals surface area (Å²) >= 11 is 0. The monoisotopic (exact) mass is 373 g/mol. The van der Waals surface area contributed by atoms with Crippen LogP contribution in [0.3, 0.4) is 0 Å². The average molecular weight is 373 g/mol. The Morgan fingerprint density at radius 1 is 1.18 bits per heavy atom. The molecule has 0 aromatic heterocycles. The average Bonchev–Trinajstić information content (AvgIpc) is 2.77. The normalized spacial score (nSPS) is 19.4. The van der Waals surface area contributed by atoms with Gasteiger partial charge in [-0.15, -0.1) is 0 Å². The molecular formula is C23H25N4O. The van der Waals surface area contributed by atoms with Gasteiger partial charge in [0, 0.05) is 24.7 Å². The molecule has 1 radical (unpaired) electrons. The Kier molecular flexibility index (Phi) is 6.31. The van der Waals surface area contributed by atoms with Crippen molar-refractivity contribution in [1.29, 1.82) is 10.5 Å². The van der Waals surface area contributed by atoms with Crippen LogP contribution in [0.2, 0.25) is 0 Å². The second-order valence-corrected chi connectivity index (χ2v) is 7.27. The van der Waals surface area contributed by atoms with Crippen LogP contribution < -0.4 is 15.4 Å². The summed E-state index contributed by atoms with van der Waals surface area (Å²) in [5.74, 6) is 0.749. The van der Waals surface area contributed by atoms with Gasteiger partial charge in [0.25, 0.3) is 0 Å². The van der Waals surface area contributed by atoms with Gasteiger partial charge in [0.1, 0.15) is 5.75 Å². The molecule has 0 saturated carbocycles. The lowest BCUT2D eigenvalue weighted by Gasteiger charge is -2.32. The SMILES string of the molecule is COc1ccc(C(C)(C#N)C#N)cc1CN[C@H]1CCC[N][C@H]1c1ccccc1. The summed E-state index contributed by atoms with van der Waals surface area (Å²) in [4.78, 5) is 0. The van der Waals surface area contributed by atoms with Crippen molar-refractivity contribution in [1.82, 2.24) is 10.6 Å². The van der Waals surface area contributed by atoms with Crippen LogP contribution in [0.1, 0.15) is 42.5 Å². The topological polar surface area (TPSA) is 82.9 Å². The van der Waals surface area contributed by atoms with E-state index < -0.39 is 5.41 Å². The number of methoxy groups -OCH3 is 1. The molecule has 2 aromatic rings. The van der Waals surface area contributed by atoms with Crippen molar-refractivity contribution in [2.45, 2.75) is 43.8 Å². The first-order valence-electron chi connectivity index (χ1n) is 9.56. The fourth-order valence-corrected chi connectivity index (χ4v) is 3.65. The number of piperidine rings is 1. The first kappa shape index (κ1) is 19.9. The third-order valence-electron chi connectivity index (χ3n) is 5.38. The summed E-state index contributed by atoms with van der Waals surface area (Å²) in [6.45, 7) is 3.12. The van der Waals surface area contributed by atoms with Gasteiger partial charge in [-0.25, -0.2) is 5.32 Å². The molecule has 1 saturated heterocycles. The van der Waals surface area contributed by atoms with Gasteiger partial charge in [-0.05, 0) is 43.0 Å². The van der Waals surface area contributed by atoms with Crippen LogP contribution in [-0.4, -0.2) is 19.7 Å². The van der Waals surface area contributed by atoms with Crippen LogP contribution in [0, 0.1) is 22.7 Å². The van der Waals surface area contributed by atoms with Crippen molar-refractivity contribution in [2.75, 3.05) is 13.7 Å². The highest BCUT2D eigenvalue weighted by Crippen LogP contribution is 2.29. The molecule has 1 heterocycles. The predicted molar refractivity (Wildman–Crippen MR) is 108 cm³/mol. The highest BCUT2D eigenvalue weighted by Gasteiger charge is 2.29. The largest absolute Gasteiger partial charge is 0.496 e. The Bertz CT molecular complexity index is 868. The molecule has 3 rings (SSSR count). The highest BCUT2D eigenvalue weighted by molar-refractivity contribution is 5.46. The fraction of sp³-hybridized carbons (Fsp3) is 0.391. The van der Waals surface area contributed by atoms with Crippen molar-refractivity contribution in [3.8, 4) is 17.9 Å². The second kappa shape index (κ2) is 8.89. The lowest BCUT2D eigenvalue weighted by atomic mass is 9.84. The summed E-state index contributed by atoms with van der Waals surface area (Å²) in [7, 11) is 1.63. The number of benzene rings is 2. The molecule has 0 unspecified atom stereocenters. The number of ether oxygens (including phenoxy) is 1. The summed E-state index contributed by atoms with van der Waals surface area (Å²) in [6, 6.07) is 20.5. The Morgan fingerprint density at radius 2 is 1.93 bits per heavy atom. The number of rotatable bonds is 6. The molecule has 0 spiro atoms. The third-order valence-corrected chi connectivity index (χ3v) is 5.38. The van der Waals surface area contributed by atoms with Crippen LogP contribution >= 0.6 is 0 Å². The van der Waals surface area contributed by atoms with Crippen LogP contribution in [0.25, 0.3) is 0 Å². The molecule has 143 valence electrons. The van der Waals surface area contributed by atoms with Gasteiger partial charge < -0.3 is 10.1 Å². The number of hydrogen-bond donors (Lipinski definition) is 1. The lowest BCUT2D eigenvalue weighted by Crippen LogP contribution is -2.42. The maximum atomic E-state index is 9.42. The van der Waals surface area contributed by atoms with Gasteiger partial charge in [0.15, 0.2) is 5.41 Å². The molecule has 1 aliphatic rings. The Morgan fingerprint density at radius 3 is 2.61 bits per heavy atom. The fourth-order valence-electron chi connectivity index (χ4n) is 3.65. The summed E-state index contributed by atoms with van der Waals surface area (Å²) in [5, 5.41) is 27.3. The minimum Gasteiger partial charge on any atom is -0.496 e. The standard InChI is InChI=1S/C23H25N4O/c1-23(15-24,16-25)19-10-11-21(28-2)18(13-19)14-27-20-9-6-12-26-22(20)17-7-4-3-5-8-17/h3-5,7-8,10-11,13,20,22,27H,6,9,12,14H2,1-2H3/t20-,22-/m0/s1. The van der Waals surface area contributed by atoms with Crippen molar-refractivity contribution >= 4 is 0 Å². The molecule has 2 aromatic carbocycles. The molecule has 0 amide bonds. The van der Waals surface area contributed by atoms with Gasteiger partial charge >= 0.3 is 0 Å². The Labute approximate surface area is 166 Å². The maximum absolute atomic E-state index is 9.42. The smallest absolute Gasteiger partial charge is 0.165 e. The van der Waals surface area contributed by atoms with E-state index in [1.807, 2.05) is 30.3 Å². The molecule has 5 heteroatoms. The van der Waals surface area contributed by atoms with E-state index >= 15 is 0 Å². The maximum Gasteiger partial charge on any atom is 0.165 e. The summed E-state index contributed by atoms with van der Waals surface area (Å²) in [5.41, 5.74) is 1.67. The zero-order chi connectivity index (χ0) is 20.0. The van der Waals surface area contributed by atoms with E-state index in [2.05, 4.69) is 29.6 Å². The van der Waals surface area contributed by atoms with Crippen LogP contribution in [0.5, 0.6) is 5.75 Å². The predicted octanol–water partition coefficient (Wildman–Crippen LogP) is 3.60. The Hall–Kier alpha value is -2.86. The third kappa shape index (κ3) is 4.17. The molecule has 5 nitrogen and oxygen atoms in total. The molecule has 1 aliphatic heterocycles. The zero-order valence-corrected chi connectivity index (χ0v) is 16.4. The molecule has 0 aliphatic carbocycles. The first-order valence-corrected chi connectivity index (χ1v) is 9.56. The number of nitriles is 2. The summed E-state index contributed by atoms with van der Waals surface area (Å²) < 4.78 is 5.50. The number of nitrogens with one attached hydrogen (secondary N) is 1. The van der Waals surface area contributed by atoms with E-state index in [0.717, 1.165) is 30.7 Å². The van der Waals surface area contributed by atoms with E-state index in [4.69, 9.17) is 10.1 Å². The van der Waals surface area contributed by atoms with Gasteiger partial charge in [-0.3, -0.25) is 0 Å². The van der Waals surface area contributed by atoms with E-state index in [1.165, 1.54) is 5.56 Å². The van der Waals surface area contributed by atoms with Crippen molar-refractivity contribution in [3.63, 3.8) is 0 Å². The molecule has 1 N–H and O–H groups in total. The van der Waals surface area contributed by atoms with Crippen LogP contribution in [-0.2, 0) is 12.0 Å². The number of nitrogens with zero attached hydrogens (tertiary/aromatic N) is 3. The van der Waals surface area contributed by atoms with E-state index in [9.17, 15) is 10.5 Å². The minimum atomic E-state index is -1.17. The molecule has 28 heavy (non-hydrogen) atoms. The zero-order valence-electron chi connectivity index (χ0n) is 16.4. The van der Waals surface area contributed by atoms with Crippen molar-refractivity contribution in [3.05, 3.63) is 65.2 Å². The molecule has 1 fully saturated rings. The molecule has 0 bridgehead atoms. The van der Waals surface area contributed by atoms with Crippen LogP contribution in [0.4, 0.5) is 0 Å². The Balaban J connectivity index is 1.81. The molecule has 2 atom stereocenters. The van der Waals surface area contributed by atoms with Crippen molar-refractivity contribution < 1.29 is 4.74 Å². The lowest BCUT2D eigenvalue weighted by molar-refractivity contribution is 0.297. The second-order valence-electron chi connectivity index (χ2n) is 7.27. The quantitative estimate of drug-likeness (QED) is 0.839. The van der Waals surface area contributed by atoms with Crippen molar-refractivity contribution in [2.24, 2.45) is 0 Å². The van der Waals surface area contributed by atoms with Gasteiger partial charge in [0.2, 0.25) is 0 Å². The van der Waals surface area contributed by atoms with E-state index in [0.29, 0.717) is 12.1 Å². The highest BCUT2D eigenvalue weighted by atomic mass is 16.5.